The molecule has 1 aromatic heterocycles. The fourth-order valence-electron chi connectivity index (χ4n) is 3.01. The minimum atomic E-state index is -0.420. The molecule has 0 bridgehead atoms. The molecule has 0 N–H and O–H groups in total. The summed E-state index contributed by atoms with van der Waals surface area (Å²) >= 11 is 0. The van der Waals surface area contributed by atoms with Crippen molar-refractivity contribution in [1.29, 1.82) is 0 Å². The zero-order valence-corrected chi connectivity index (χ0v) is 14.6. The van der Waals surface area contributed by atoms with Crippen molar-refractivity contribution >= 4 is 11.9 Å². The predicted octanol–water partition coefficient (Wildman–Crippen LogP) is 1.82. The number of hydrogen-bond donors (Lipinski definition) is 0. The number of ether oxygens (including phenoxy) is 2. The lowest BCUT2D eigenvalue weighted by atomic mass is 10.1. The number of hydrogen-bond acceptors (Lipinski definition) is 6. The largest absolute Gasteiger partial charge is 0.465 e. The number of aromatic nitrogens is 2. The first-order valence-corrected chi connectivity index (χ1v) is 8.20. The molecule has 1 aromatic carbocycles. The van der Waals surface area contributed by atoms with Crippen LogP contribution in [0, 0.1) is 0 Å². The Balaban J connectivity index is 2.09. The molecule has 3 rings (SSSR count). The normalized spacial score (nSPS) is 14.0. The van der Waals surface area contributed by atoms with E-state index in [-0.39, 0.29) is 0 Å². The van der Waals surface area contributed by atoms with Crippen molar-refractivity contribution in [3.63, 3.8) is 0 Å². The molecule has 0 unspecified atom stereocenters. The maximum Gasteiger partial charge on any atom is 0.359 e. The molecule has 0 aliphatic carbocycles. The van der Waals surface area contributed by atoms with Gasteiger partial charge < -0.3 is 14.4 Å². The van der Waals surface area contributed by atoms with Crippen LogP contribution in [0.4, 0.5) is 0 Å². The number of fused-ring (bicyclic) bond motifs is 1. The van der Waals surface area contributed by atoms with Gasteiger partial charge in [0.1, 0.15) is 0 Å². The third kappa shape index (κ3) is 3.28. The second kappa shape index (κ2) is 7.06. The molecule has 7 heteroatoms. The van der Waals surface area contributed by atoms with E-state index >= 15 is 0 Å². The van der Waals surface area contributed by atoms with E-state index in [4.69, 9.17) is 9.47 Å². The Hall–Kier alpha value is -2.67. The summed E-state index contributed by atoms with van der Waals surface area (Å²) in [5.74, 6) is -0.829. The standard InChI is InChI=1S/C18H21N3O4/c1-4-25-18(23)16-14-11-20(2)9-8-15(14)21(19-16)13-7-5-6-12(10-13)17(22)24-3/h5-7,10H,4,8-9,11H2,1-3H3. The second-order valence-corrected chi connectivity index (χ2v) is 5.94. The molecule has 0 amide bonds. The Bertz CT molecular complexity index is 813. The predicted molar refractivity (Wildman–Crippen MR) is 90.9 cm³/mol. The molecule has 0 atom stereocenters. The molecule has 2 heterocycles. The Morgan fingerprint density at radius 2 is 2.08 bits per heavy atom. The quantitative estimate of drug-likeness (QED) is 0.789. The minimum Gasteiger partial charge on any atom is -0.465 e. The second-order valence-electron chi connectivity index (χ2n) is 5.94. The highest BCUT2D eigenvalue weighted by Gasteiger charge is 2.28. The lowest BCUT2D eigenvalue weighted by Gasteiger charge is -2.23. The van der Waals surface area contributed by atoms with Crippen LogP contribution in [-0.4, -0.2) is 53.9 Å². The van der Waals surface area contributed by atoms with Gasteiger partial charge in [-0.3, -0.25) is 0 Å². The first kappa shape index (κ1) is 17.2. The summed E-state index contributed by atoms with van der Waals surface area (Å²) in [6.45, 7) is 3.58. The highest BCUT2D eigenvalue weighted by molar-refractivity contribution is 5.90. The molecular formula is C18H21N3O4. The number of carbonyl (C=O) groups is 2. The van der Waals surface area contributed by atoms with Crippen molar-refractivity contribution in [3.8, 4) is 5.69 Å². The summed E-state index contributed by atoms with van der Waals surface area (Å²) in [5, 5.41) is 4.50. The fourth-order valence-corrected chi connectivity index (χ4v) is 3.01. The zero-order valence-electron chi connectivity index (χ0n) is 14.6. The lowest BCUT2D eigenvalue weighted by molar-refractivity contribution is 0.0515. The van der Waals surface area contributed by atoms with E-state index in [0.717, 1.165) is 29.9 Å². The fraction of sp³-hybridized carbons (Fsp3) is 0.389. The van der Waals surface area contributed by atoms with Crippen molar-refractivity contribution in [2.24, 2.45) is 0 Å². The topological polar surface area (TPSA) is 73.7 Å². The van der Waals surface area contributed by atoms with Crippen LogP contribution in [0.2, 0.25) is 0 Å². The van der Waals surface area contributed by atoms with E-state index in [1.54, 1.807) is 29.8 Å². The molecule has 2 aromatic rings. The minimum absolute atomic E-state index is 0.300. The van der Waals surface area contributed by atoms with Crippen molar-refractivity contribution in [2.45, 2.75) is 19.9 Å². The number of rotatable bonds is 4. The Morgan fingerprint density at radius 1 is 1.28 bits per heavy atom. The van der Waals surface area contributed by atoms with Gasteiger partial charge in [-0.05, 0) is 32.2 Å². The molecule has 25 heavy (non-hydrogen) atoms. The van der Waals surface area contributed by atoms with E-state index in [2.05, 4.69) is 10.00 Å². The first-order chi connectivity index (χ1) is 12.0. The van der Waals surface area contributed by atoms with E-state index in [1.807, 2.05) is 13.1 Å². The maximum atomic E-state index is 12.3. The van der Waals surface area contributed by atoms with E-state index in [1.165, 1.54) is 7.11 Å². The van der Waals surface area contributed by atoms with Crippen LogP contribution in [0.25, 0.3) is 5.69 Å². The molecule has 1 aliphatic rings. The van der Waals surface area contributed by atoms with Crippen LogP contribution in [0.15, 0.2) is 24.3 Å². The molecular weight excluding hydrogens is 322 g/mol. The van der Waals surface area contributed by atoms with Gasteiger partial charge in [-0.25, -0.2) is 14.3 Å². The molecule has 0 fully saturated rings. The lowest BCUT2D eigenvalue weighted by Crippen LogP contribution is -2.28. The zero-order chi connectivity index (χ0) is 18.0. The van der Waals surface area contributed by atoms with Crippen LogP contribution < -0.4 is 0 Å². The number of likely N-dealkylation sites (N-methyl/N-ethyl adjacent to an activating group) is 1. The highest BCUT2D eigenvalue weighted by Crippen LogP contribution is 2.26. The third-order valence-corrected chi connectivity index (χ3v) is 4.23. The van der Waals surface area contributed by atoms with Gasteiger partial charge in [0.25, 0.3) is 0 Å². The van der Waals surface area contributed by atoms with Crippen LogP contribution in [-0.2, 0) is 22.4 Å². The number of carbonyl (C=O) groups excluding carboxylic acids is 2. The Morgan fingerprint density at radius 3 is 2.80 bits per heavy atom. The number of nitrogens with zero attached hydrogens (tertiary/aromatic N) is 3. The molecule has 0 saturated carbocycles. The molecule has 1 aliphatic heterocycles. The van der Waals surface area contributed by atoms with Crippen LogP contribution in [0.5, 0.6) is 0 Å². The maximum absolute atomic E-state index is 12.3. The van der Waals surface area contributed by atoms with Crippen molar-refractivity contribution < 1.29 is 19.1 Å². The van der Waals surface area contributed by atoms with Gasteiger partial charge in [0.2, 0.25) is 0 Å². The summed E-state index contributed by atoms with van der Waals surface area (Å²) < 4.78 is 11.7. The van der Waals surface area contributed by atoms with Gasteiger partial charge in [0, 0.05) is 25.1 Å². The van der Waals surface area contributed by atoms with Gasteiger partial charge in [-0.15, -0.1) is 0 Å². The van der Waals surface area contributed by atoms with E-state index < -0.39 is 11.9 Å². The van der Waals surface area contributed by atoms with Crippen LogP contribution in [0.1, 0.15) is 39.0 Å². The Kier molecular flexibility index (Phi) is 4.85. The van der Waals surface area contributed by atoms with Crippen molar-refractivity contribution in [2.75, 3.05) is 27.3 Å². The van der Waals surface area contributed by atoms with E-state index in [0.29, 0.717) is 24.4 Å². The summed E-state index contributed by atoms with van der Waals surface area (Å²) in [6.07, 6.45) is 0.765. The molecule has 0 saturated heterocycles. The molecule has 0 radical (unpaired) electrons. The van der Waals surface area contributed by atoms with Crippen LogP contribution in [0.3, 0.4) is 0 Å². The van der Waals surface area contributed by atoms with Gasteiger partial charge in [0.05, 0.1) is 30.7 Å². The number of benzene rings is 1. The monoisotopic (exact) mass is 343 g/mol. The van der Waals surface area contributed by atoms with Crippen molar-refractivity contribution in [1.82, 2.24) is 14.7 Å². The van der Waals surface area contributed by atoms with Crippen molar-refractivity contribution in [3.05, 3.63) is 46.8 Å². The molecule has 0 spiro atoms. The molecule has 7 nitrogen and oxygen atoms in total. The van der Waals surface area contributed by atoms with Gasteiger partial charge in [0.15, 0.2) is 5.69 Å². The summed E-state index contributed by atoms with van der Waals surface area (Å²) in [4.78, 5) is 26.2. The average molecular weight is 343 g/mol. The summed E-state index contributed by atoms with van der Waals surface area (Å²) in [5.41, 5.74) is 3.36. The molecule has 132 valence electrons. The number of methoxy groups -OCH3 is 1. The van der Waals surface area contributed by atoms with E-state index in [9.17, 15) is 9.59 Å². The van der Waals surface area contributed by atoms with Crippen LogP contribution >= 0.6 is 0 Å². The van der Waals surface area contributed by atoms with Gasteiger partial charge >= 0.3 is 11.9 Å². The third-order valence-electron chi connectivity index (χ3n) is 4.23. The van der Waals surface area contributed by atoms with Gasteiger partial charge in [-0.1, -0.05) is 6.07 Å². The summed E-state index contributed by atoms with van der Waals surface area (Å²) in [7, 11) is 3.35. The highest BCUT2D eigenvalue weighted by atomic mass is 16.5. The summed E-state index contributed by atoms with van der Waals surface area (Å²) in [6, 6.07) is 7.03. The smallest absolute Gasteiger partial charge is 0.359 e. The number of esters is 2. The average Bonchev–Trinajstić information content (AvgIpc) is 3.00. The first-order valence-electron chi connectivity index (χ1n) is 8.20. The van der Waals surface area contributed by atoms with Gasteiger partial charge in [-0.2, -0.15) is 5.10 Å². The Labute approximate surface area is 146 Å². The SMILES string of the molecule is CCOC(=O)c1nn(-c2cccc(C(=O)OC)c2)c2c1CN(C)CC2.